The molecule has 15 heavy (non-hydrogen) atoms. The highest BCUT2D eigenvalue weighted by molar-refractivity contribution is 7.16. The van der Waals surface area contributed by atoms with Gasteiger partial charge in [0.05, 0.1) is 0 Å². The molecule has 1 N–H and O–H groups in total. The van der Waals surface area contributed by atoms with E-state index in [-0.39, 0.29) is 0 Å². The Kier molecular flexibility index (Phi) is 18.5. The maximum Gasteiger partial charge on any atom is 0.324 e. The van der Waals surface area contributed by atoms with Crippen LogP contribution in [0.15, 0.2) is 0 Å². The molecule has 0 aliphatic rings. The molecule has 0 heterocycles. The molecule has 0 unspecified atom stereocenters. The Bertz CT molecular complexity index is 137. The summed E-state index contributed by atoms with van der Waals surface area (Å²) in [7, 11) is -0.833. The number of unbranched alkanes of at least 4 members (excludes halogenated alkanes) is 4. The van der Waals surface area contributed by atoms with Crippen molar-refractivity contribution in [1.82, 2.24) is 0 Å². The van der Waals surface area contributed by atoms with Crippen LogP contribution in [0.2, 0.25) is 0 Å². The molecule has 0 aliphatic carbocycles. The van der Waals surface area contributed by atoms with Gasteiger partial charge in [-0.2, -0.15) is 0 Å². The van der Waals surface area contributed by atoms with Crippen molar-refractivity contribution in [3.63, 3.8) is 0 Å². The third-order valence-corrected chi connectivity index (χ3v) is 2.12. The van der Waals surface area contributed by atoms with E-state index in [0.717, 1.165) is 25.7 Å². The first kappa shape index (κ1) is 17.1. The monoisotopic (exact) mass is 234 g/mol. The first-order valence-corrected chi connectivity index (χ1v) is 6.47. The van der Waals surface area contributed by atoms with E-state index < -0.39 is 8.69 Å². The van der Waals surface area contributed by atoms with E-state index >= 15 is 0 Å². The minimum Gasteiger partial charge on any atom is -0.310 e. The molecule has 90 valence electrons. The van der Waals surface area contributed by atoms with Crippen molar-refractivity contribution in [2.45, 2.75) is 65.2 Å². The number of rotatable bonds is 8. The summed E-state index contributed by atoms with van der Waals surface area (Å²) < 4.78 is 8.46. The first-order chi connectivity index (χ1) is 7.22. The predicted octanol–water partition coefficient (Wildman–Crippen LogP) is 3.90. The number of hydrogen-bond donors (Lipinski definition) is 1. The van der Waals surface area contributed by atoms with Gasteiger partial charge in [-0.3, -0.25) is 4.79 Å². The minimum atomic E-state index is -0.833. The molecule has 0 radical (unpaired) electrons. The largest absolute Gasteiger partial charge is 0.324 e. The minimum absolute atomic E-state index is 0.469. The third kappa shape index (κ3) is 20.0. The van der Waals surface area contributed by atoms with E-state index in [0.29, 0.717) is 5.78 Å². The summed E-state index contributed by atoms with van der Waals surface area (Å²) in [6.45, 7) is 4.34. The van der Waals surface area contributed by atoms with Crippen molar-refractivity contribution >= 4 is 14.5 Å². The molecule has 3 nitrogen and oxygen atoms in total. The number of Topliss-reactive ketones (excluding diaryl/α,β-unsaturated/α-hetero) is 1. The fourth-order valence-corrected chi connectivity index (χ4v) is 1.27. The highest BCUT2D eigenvalue weighted by Gasteiger charge is 1.99. The van der Waals surface area contributed by atoms with Crippen LogP contribution >= 0.6 is 8.69 Å². The maximum atomic E-state index is 11.2. The van der Waals surface area contributed by atoms with E-state index in [4.69, 9.17) is 9.46 Å². The molecule has 0 fully saturated rings. The van der Waals surface area contributed by atoms with Gasteiger partial charge in [0.2, 0.25) is 0 Å². The van der Waals surface area contributed by atoms with E-state index in [1.165, 1.54) is 25.7 Å². The van der Waals surface area contributed by atoms with Gasteiger partial charge >= 0.3 is 8.69 Å². The van der Waals surface area contributed by atoms with E-state index in [2.05, 4.69) is 13.8 Å². The lowest BCUT2D eigenvalue weighted by Gasteiger charge is -1.98. The molecule has 0 saturated heterocycles. The van der Waals surface area contributed by atoms with Gasteiger partial charge in [-0.1, -0.05) is 39.5 Å². The molecule has 4 heteroatoms. The van der Waals surface area contributed by atoms with Crippen molar-refractivity contribution in [2.75, 3.05) is 0 Å². The summed E-state index contributed by atoms with van der Waals surface area (Å²) in [4.78, 5) is 18.2. The normalized spacial score (nSPS) is 9.53. The Balaban J connectivity index is 0. The summed E-state index contributed by atoms with van der Waals surface area (Å²) in [6.07, 6.45) is 8.67. The van der Waals surface area contributed by atoms with Gasteiger partial charge in [-0.25, -0.2) is 4.57 Å². The molecule has 0 aromatic carbocycles. The van der Waals surface area contributed by atoms with Gasteiger partial charge in [-0.15, -0.1) is 0 Å². The van der Waals surface area contributed by atoms with Crippen LogP contribution in [0, 0.1) is 0 Å². The average molecular weight is 234 g/mol. The molecular formula is C11H23O3P. The van der Waals surface area contributed by atoms with Crippen molar-refractivity contribution in [1.29, 1.82) is 0 Å². The van der Waals surface area contributed by atoms with Gasteiger partial charge in [0.25, 0.3) is 0 Å². The highest BCUT2D eigenvalue weighted by Crippen LogP contribution is 2.05. The molecule has 0 aromatic rings. The molecule has 0 rings (SSSR count). The maximum absolute atomic E-state index is 11.2. The van der Waals surface area contributed by atoms with Gasteiger partial charge < -0.3 is 4.89 Å². The topological polar surface area (TPSA) is 54.4 Å². The highest BCUT2D eigenvalue weighted by atomic mass is 31.1. The molecule has 0 aliphatic heterocycles. The lowest BCUT2D eigenvalue weighted by atomic mass is 10.1. The van der Waals surface area contributed by atoms with E-state index in [1.54, 1.807) is 0 Å². The standard InChI is InChI=1S/C11H22O.HO2P/c1-3-5-7-9-11(12)10-8-6-4-2;1-3-2/h3-10H2,1-2H3;(H,1,2). The summed E-state index contributed by atoms with van der Waals surface area (Å²) in [5, 5.41) is 0. The van der Waals surface area contributed by atoms with E-state index in [1.807, 2.05) is 0 Å². The Labute approximate surface area is 94.6 Å². The second-order valence-electron chi connectivity index (χ2n) is 3.53. The molecule has 0 spiro atoms. The second kappa shape index (κ2) is 16.2. The van der Waals surface area contributed by atoms with Crippen molar-refractivity contribution in [3.8, 4) is 0 Å². The van der Waals surface area contributed by atoms with Crippen LogP contribution in [0.1, 0.15) is 65.2 Å². The molecule has 0 bridgehead atoms. The summed E-state index contributed by atoms with van der Waals surface area (Å²) in [6, 6.07) is 0. The van der Waals surface area contributed by atoms with Crippen LogP contribution in [0.5, 0.6) is 0 Å². The van der Waals surface area contributed by atoms with Crippen LogP contribution in [0.25, 0.3) is 0 Å². The van der Waals surface area contributed by atoms with Gasteiger partial charge in [0.1, 0.15) is 5.78 Å². The fourth-order valence-electron chi connectivity index (χ4n) is 1.27. The third-order valence-electron chi connectivity index (χ3n) is 2.12. The summed E-state index contributed by atoms with van der Waals surface area (Å²) in [5.74, 6) is 0.469. The van der Waals surface area contributed by atoms with Crippen LogP contribution in [-0.2, 0) is 9.36 Å². The van der Waals surface area contributed by atoms with Crippen LogP contribution < -0.4 is 0 Å². The lowest BCUT2D eigenvalue weighted by Crippen LogP contribution is -1.96. The first-order valence-electron chi connectivity index (χ1n) is 5.71. The van der Waals surface area contributed by atoms with Crippen LogP contribution in [0.4, 0.5) is 0 Å². The molecule has 0 atom stereocenters. The number of carbonyl (C=O) groups excluding carboxylic acids is 1. The second-order valence-corrected chi connectivity index (χ2v) is 3.70. The van der Waals surface area contributed by atoms with Gasteiger partial charge in [0, 0.05) is 12.8 Å². The molecule has 0 amide bonds. The van der Waals surface area contributed by atoms with Crippen LogP contribution in [0.3, 0.4) is 0 Å². The van der Waals surface area contributed by atoms with Crippen molar-refractivity contribution < 1.29 is 14.3 Å². The smallest absolute Gasteiger partial charge is 0.310 e. The number of ketones is 1. The Morgan fingerprint density at radius 3 is 1.60 bits per heavy atom. The number of carbonyl (C=O) groups is 1. The predicted molar refractivity (Wildman–Crippen MR) is 63.1 cm³/mol. The van der Waals surface area contributed by atoms with Gasteiger partial charge in [-0.05, 0) is 12.8 Å². The summed E-state index contributed by atoms with van der Waals surface area (Å²) in [5.41, 5.74) is 0. The van der Waals surface area contributed by atoms with Crippen molar-refractivity contribution in [2.24, 2.45) is 0 Å². The Morgan fingerprint density at radius 2 is 1.33 bits per heavy atom. The Morgan fingerprint density at radius 1 is 1.00 bits per heavy atom. The average Bonchev–Trinajstić information content (AvgIpc) is 2.20. The van der Waals surface area contributed by atoms with E-state index in [9.17, 15) is 4.79 Å². The zero-order valence-corrected chi connectivity index (χ0v) is 10.8. The fraction of sp³-hybridized carbons (Fsp3) is 0.909. The zero-order chi connectivity index (χ0) is 11.9. The quantitative estimate of drug-likeness (QED) is 0.512. The number of hydrogen-bond acceptors (Lipinski definition) is 2. The van der Waals surface area contributed by atoms with Gasteiger partial charge in [0.15, 0.2) is 0 Å². The molecular weight excluding hydrogens is 211 g/mol. The van der Waals surface area contributed by atoms with Crippen LogP contribution in [-0.4, -0.2) is 10.7 Å². The van der Waals surface area contributed by atoms with Crippen molar-refractivity contribution in [3.05, 3.63) is 0 Å². The Hall–Kier alpha value is -0.270. The molecule has 0 saturated carbocycles. The zero-order valence-electron chi connectivity index (χ0n) is 9.87. The molecule has 0 aromatic heterocycles. The lowest BCUT2D eigenvalue weighted by molar-refractivity contribution is -0.119. The summed E-state index contributed by atoms with van der Waals surface area (Å²) >= 11 is 0. The SMILES string of the molecule is CCCCCC(=O)CCCCC.O=PO.